The van der Waals surface area contributed by atoms with Crippen molar-refractivity contribution in [2.24, 2.45) is 0 Å². The van der Waals surface area contributed by atoms with Crippen LogP contribution in [0.1, 0.15) is 1.43 Å². The molecule has 0 amide bonds. The molecule has 0 aromatic heterocycles. The standard InChI is InChI=1S/Li.H3O4P.H2O.V.H/c;1-5(2,3)4;;;/h;(H3,1,2,3,4);1H2;;/q+1;;;;-1. The summed E-state index contributed by atoms with van der Waals surface area (Å²) in [6.45, 7) is 0. The Bertz CT molecular complexity index is 63.1. The third-order valence-electron chi connectivity index (χ3n) is 0. The Morgan fingerprint density at radius 3 is 1.25 bits per heavy atom. The van der Waals surface area contributed by atoms with Crippen molar-refractivity contribution in [1.29, 1.82) is 0 Å². The summed E-state index contributed by atoms with van der Waals surface area (Å²) in [4.78, 5) is 21.6. The Balaban J connectivity index is -0.0000000133. The van der Waals surface area contributed by atoms with Crippen LogP contribution in [0, 0.1) is 0 Å². The molecule has 8 heteroatoms. The van der Waals surface area contributed by atoms with E-state index in [0.29, 0.717) is 0 Å². The first-order valence-electron chi connectivity index (χ1n) is 0.783. The molecule has 8 heavy (non-hydrogen) atoms. The molecule has 0 heterocycles. The number of rotatable bonds is 0. The molecule has 5 N–H and O–H groups in total. The Morgan fingerprint density at radius 1 is 1.25 bits per heavy atom. The van der Waals surface area contributed by atoms with Crippen LogP contribution in [0.25, 0.3) is 0 Å². The zero-order valence-electron chi connectivity index (χ0n) is 5.14. The number of hydrogen-bond donors (Lipinski definition) is 3. The van der Waals surface area contributed by atoms with E-state index in [1.807, 2.05) is 0 Å². The molecule has 0 aromatic carbocycles. The predicted molar refractivity (Wildman–Crippen MR) is 19.0 cm³/mol. The molecule has 0 saturated carbocycles. The van der Waals surface area contributed by atoms with Crippen LogP contribution in [0.3, 0.4) is 0 Å². The van der Waals surface area contributed by atoms with Gasteiger partial charge in [-0.2, -0.15) is 0 Å². The zero-order valence-corrected chi connectivity index (χ0v) is 6.44. The van der Waals surface area contributed by atoms with Gasteiger partial charge in [-0.1, -0.05) is 0 Å². The molecular formula is H6LiO5PV. The van der Waals surface area contributed by atoms with E-state index < -0.39 is 7.82 Å². The van der Waals surface area contributed by atoms with Crippen molar-refractivity contribution < 1.29 is 63.6 Å². The van der Waals surface area contributed by atoms with E-state index in [-0.39, 0.29) is 44.3 Å². The van der Waals surface area contributed by atoms with Gasteiger partial charge >= 0.3 is 26.7 Å². The average Bonchev–Trinajstić information content (AvgIpc) is 0.722. The average molecular weight is 175 g/mol. The zero-order chi connectivity index (χ0) is 4.50. The smallest absolute Gasteiger partial charge is 1.00 e. The maximum Gasteiger partial charge on any atom is 1.00 e. The first kappa shape index (κ1) is 22.8. The summed E-state index contributed by atoms with van der Waals surface area (Å²) in [5, 5.41) is 0. The van der Waals surface area contributed by atoms with Crippen LogP contribution in [-0.4, -0.2) is 20.2 Å². The minimum Gasteiger partial charge on any atom is -1.00 e. The molecule has 0 rings (SSSR count). The Labute approximate surface area is 71.6 Å². The summed E-state index contributed by atoms with van der Waals surface area (Å²) >= 11 is 0. The number of hydrogen-bond acceptors (Lipinski definition) is 1. The second-order valence-electron chi connectivity index (χ2n) is 0.513. The quantitative estimate of drug-likeness (QED) is 0.254. The van der Waals surface area contributed by atoms with Gasteiger partial charge in [-0.05, 0) is 0 Å². The fourth-order valence-corrected chi connectivity index (χ4v) is 0. The van der Waals surface area contributed by atoms with Gasteiger partial charge in [-0.3, -0.25) is 0 Å². The predicted octanol–water partition coefficient (Wildman–Crippen LogP) is -4.64. The monoisotopic (exact) mass is 175 g/mol. The second kappa shape index (κ2) is 8.25. The molecule has 0 spiro atoms. The molecule has 0 saturated heterocycles. The first-order valence-corrected chi connectivity index (χ1v) is 2.35. The van der Waals surface area contributed by atoms with Crippen molar-refractivity contribution in [3.05, 3.63) is 0 Å². The van der Waals surface area contributed by atoms with Gasteiger partial charge in [-0.25, -0.2) is 4.57 Å². The second-order valence-corrected chi connectivity index (χ2v) is 1.54. The van der Waals surface area contributed by atoms with E-state index >= 15 is 0 Å². The third kappa shape index (κ3) is 181. The van der Waals surface area contributed by atoms with Crippen molar-refractivity contribution in [1.82, 2.24) is 0 Å². The van der Waals surface area contributed by atoms with Gasteiger partial charge in [0.2, 0.25) is 0 Å². The fraction of sp³-hybridized carbons (Fsp3) is 0. The van der Waals surface area contributed by atoms with E-state index in [2.05, 4.69) is 0 Å². The van der Waals surface area contributed by atoms with Crippen LogP contribution in [0.5, 0.6) is 0 Å². The SMILES string of the molecule is O.O=P(O)(O)O.[H-].[Li+].[V]. The summed E-state index contributed by atoms with van der Waals surface area (Å²) < 4.78 is 8.88. The Kier molecular flexibility index (Phi) is 23.6. The van der Waals surface area contributed by atoms with E-state index in [0.717, 1.165) is 0 Å². The molecule has 5 nitrogen and oxygen atoms in total. The van der Waals surface area contributed by atoms with Gasteiger partial charge in [0.05, 0.1) is 0 Å². The molecule has 0 bridgehead atoms. The molecule has 0 atom stereocenters. The van der Waals surface area contributed by atoms with Gasteiger partial charge in [0.1, 0.15) is 0 Å². The van der Waals surface area contributed by atoms with Crippen molar-refractivity contribution in [2.45, 2.75) is 0 Å². The molecule has 0 aliphatic rings. The summed E-state index contributed by atoms with van der Waals surface area (Å²) in [7, 11) is -4.64. The molecule has 0 aromatic rings. The van der Waals surface area contributed by atoms with E-state index in [4.69, 9.17) is 19.2 Å². The van der Waals surface area contributed by atoms with Gasteiger partial charge in [0.25, 0.3) is 0 Å². The molecule has 0 unspecified atom stereocenters. The maximum absolute atomic E-state index is 8.88. The van der Waals surface area contributed by atoms with Crippen LogP contribution in [-0.2, 0) is 23.1 Å². The Morgan fingerprint density at radius 2 is 1.25 bits per heavy atom. The van der Waals surface area contributed by atoms with Crippen molar-refractivity contribution >= 4 is 7.82 Å². The third-order valence-corrected chi connectivity index (χ3v) is 0. The molecule has 1 radical (unpaired) electrons. The van der Waals surface area contributed by atoms with Crippen molar-refractivity contribution in [3.8, 4) is 0 Å². The van der Waals surface area contributed by atoms with Gasteiger partial charge in [0, 0.05) is 18.6 Å². The van der Waals surface area contributed by atoms with Crippen LogP contribution in [0.4, 0.5) is 0 Å². The van der Waals surface area contributed by atoms with Crippen LogP contribution < -0.4 is 18.9 Å². The largest absolute Gasteiger partial charge is 1.00 e. The summed E-state index contributed by atoms with van der Waals surface area (Å²) in [6, 6.07) is 0. The minimum atomic E-state index is -4.64. The minimum absolute atomic E-state index is 0. The molecule has 0 aliphatic carbocycles. The fourth-order valence-electron chi connectivity index (χ4n) is 0. The molecule has 0 fully saturated rings. The normalized spacial score (nSPS) is 7.38. The summed E-state index contributed by atoms with van der Waals surface area (Å²) in [6.07, 6.45) is 0. The summed E-state index contributed by atoms with van der Waals surface area (Å²) in [5.41, 5.74) is 0. The van der Waals surface area contributed by atoms with Gasteiger partial charge in [0.15, 0.2) is 0 Å². The van der Waals surface area contributed by atoms with E-state index in [1.54, 1.807) is 0 Å². The van der Waals surface area contributed by atoms with Crippen molar-refractivity contribution in [2.75, 3.05) is 0 Å². The molecule has 0 aliphatic heterocycles. The van der Waals surface area contributed by atoms with Gasteiger partial charge < -0.3 is 21.6 Å². The topological polar surface area (TPSA) is 109 Å². The maximum atomic E-state index is 8.88. The molecular weight excluding hydrogens is 169 g/mol. The first-order chi connectivity index (χ1) is 2.00. The molecule has 47 valence electrons. The number of phosphoric acid groups is 1. The van der Waals surface area contributed by atoms with Crippen LogP contribution in [0.15, 0.2) is 0 Å². The van der Waals surface area contributed by atoms with Crippen LogP contribution >= 0.6 is 7.82 Å². The van der Waals surface area contributed by atoms with E-state index in [1.165, 1.54) is 0 Å². The van der Waals surface area contributed by atoms with Crippen molar-refractivity contribution in [3.63, 3.8) is 0 Å². The Hall–Kier alpha value is 1.25. The van der Waals surface area contributed by atoms with Gasteiger partial charge in [-0.15, -0.1) is 0 Å². The van der Waals surface area contributed by atoms with E-state index in [9.17, 15) is 0 Å². The summed E-state index contributed by atoms with van der Waals surface area (Å²) in [5.74, 6) is 0. The van der Waals surface area contributed by atoms with Crippen LogP contribution in [0.2, 0.25) is 0 Å².